The van der Waals surface area contributed by atoms with Crippen molar-refractivity contribution in [2.45, 2.75) is 18.7 Å². The van der Waals surface area contributed by atoms with E-state index in [9.17, 15) is 23.1 Å². The van der Waals surface area contributed by atoms with Gasteiger partial charge in [-0.3, -0.25) is 9.78 Å². The van der Waals surface area contributed by atoms with E-state index in [1.54, 1.807) is 54.6 Å². The monoisotopic (exact) mass is 526 g/mol. The smallest absolute Gasteiger partial charge is 0.387 e. The molecule has 0 aliphatic rings. The zero-order valence-electron chi connectivity index (χ0n) is 20.8. The number of carbonyl (C=O) groups excluding carboxylic acids is 1. The lowest BCUT2D eigenvalue weighted by atomic mass is 9.91. The summed E-state index contributed by atoms with van der Waals surface area (Å²) >= 11 is 0. The van der Waals surface area contributed by atoms with Gasteiger partial charge in [0.15, 0.2) is 0 Å². The molecule has 0 aliphatic carbocycles. The van der Waals surface area contributed by atoms with Crippen LogP contribution < -0.4 is 5.32 Å². The number of aliphatic hydroxyl groups excluding tert-OH is 1. The molecule has 1 heterocycles. The Morgan fingerprint density at radius 3 is 2.28 bits per heavy atom. The fraction of sp³-hybridized carbons (Fsp3) is 0.125. The zero-order valence-corrected chi connectivity index (χ0v) is 20.8. The minimum absolute atomic E-state index is 0.0134. The van der Waals surface area contributed by atoms with Gasteiger partial charge in [0.25, 0.3) is 5.91 Å². The number of aromatic nitrogens is 1. The van der Waals surface area contributed by atoms with Crippen LogP contribution in [0.25, 0.3) is 22.0 Å². The second-order valence-corrected chi connectivity index (χ2v) is 9.24. The molecule has 0 bridgehead atoms. The summed E-state index contributed by atoms with van der Waals surface area (Å²) in [5.74, 6) is -0.397. The minimum Gasteiger partial charge on any atom is -0.387 e. The first-order valence-corrected chi connectivity index (χ1v) is 12.4. The maximum atomic E-state index is 13.8. The van der Waals surface area contributed by atoms with E-state index < -0.39 is 23.8 Å². The summed E-state index contributed by atoms with van der Waals surface area (Å²) in [6.45, 7) is 0.0134. The van der Waals surface area contributed by atoms with Gasteiger partial charge >= 0.3 is 6.18 Å². The lowest BCUT2D eigenvalue weighted by molar-refractivity contribution is -0.136. The Bertz CT molecular complexity index is 1600. The largest absolute Gasteiger partial charge is 0.418 e. The molecule has 4 nitrogen and oxygen atoms in total. The van der Waals surface area contributed by atoms with E-state index in [2.05, 4.69) is 10.3 Å². The highest BCUT2D eigenvalue weighted by molar-refractivity contribution is 6.00. The van der Waals surface area contributed by atoms with E-state index in [0.717, 1.165) is 17.2 Å². The van der Waals surface area contributed by atoms with Crippen LogP contribution in [0.3, 0.4) is 0 Å². The van der Waals surface area contributed by atoms with Crippen LogP contribution in [-0.2, 0) is 12.6 Å². The quantitative estimate of drug-likeness (QED) is 0.241. The third kappa shape index (κ3) is 5.84. The topological polar surface area (TPSA) is 62.2 Å². The standard InChI is InChI=1S/C32H25F3N2O2/c33-32(34,35)27-16-8-15-26-29(25(19-36-30(26)27)17-21-9-3-1-4-10-21)23-13-7-14-24(18-23)31(39)37-20-28(38)22-11-5-2-6-12-22/h1-16,18-19,28,38H,17,20H2,(H,37,39). The van der Waals surface area contributed by atoms with Crippen molar-refractivity contribution in [3.63, 3.8) is 0 Å². The lowest BCUT2D eigenvalue weighted by Gasteiger charge is -2.17. The normalized spacial score (nSPS) is 12.3. The molecule has 0 aliphatic heterocycles. The third-order valence-corrected chi connectivity index (χ3v) is 6.57. The molecule has 0 radical (unpaired) electrons. The van der Waals surface area contributed by atoms with Crippen LogP contribution in [0.4, 0.5) is 13.2 Å². The first-order chi connectivity index (χ1) is 18.8. The molecular formula is C32H25F3N2O2. The highest BCUT2D eigenvalue weighted by atomic mass is 19.4. The minimum atomic E-state index is -4.56. The second-order valence-electron chi connectivity index (χ2n) is 9.24. The summed E-state index contributed by atoms with van der Waals surface area (Å²) in [7, 11) is 0. The van der Waals surface area contributed by atoms with E-state index in [1.165, 1.54) is 12.3 Å². The summed E-state index contributed by atoms with van der Waals surface area (Å²) < 4.78 is 41.5. The van der Waals surface area contributed by atoms with Crippen LogP contribution in [0.15, 0.2) is 109 Å². The Kier molecular flexibility index (Phi) is 7.43. The van der Waals surface area contributed by atoms with Gasteiger partial charge in [-0.15, -0.1) is 0 Å². The summed E-state index contributed by atoms with van der Waals surface area (Å²) in [5.41, 5.74) is 2.98. The number of fused-ring (bicyclic) bond motifs is 1. The Labute approximate surface area is 223 Å². The number of alkyl halides is 3. The molecule has 0 saturated carbocycles. The summed E-state index contributed by atoms with van der Waals surface area (Å²) in [4.78, 5) is 17.2. The molecule has 5 aromatic rings. The Morgan fingerprint density at radius 1 is 0.872 bits per heavy atom. The number of halogens is 3. The molecule has 4 aromatic carbocycles. The third-order valence-electron chi connectivity index (χ3n) is 6.57. The predicted octanol–water partition coefficient (Wildman–Crippen LogP) is 6.97. The van der Waals surface area contributed by atoms with Crippen LogP contribution in [0.2, 0.25) is 0 Å². The maximum Gasteiger partial charge on any atom is 0.418 e. The number of amides is 1. The average molecular weight is 527 g/mol. The second kappa shape index (κ2) is 11.1. The molecule has 1 unspecified atom stereocenters. The number of carbonyl (C=O) groups is 1. The number of nitrogens with one attached hydrogen (secondary N) is 1. The molecule has 0 spiro atoms. The molecule has 5 rings (SSSR count). The number of pyridine rings is 1. The van der Waals surface area contributed by atoms with Crippen LogP contribution in [0.1, 0.15) is 38.7 Å². The van der Waals surface area contributed by atoms with Crippen LogP contribution in [-0.4, -0.2) is 22.5 Å². The van der Waals surface area contributed by atoms with Gasteiger partial charge in [0.2, 0.25) is 0 Å². The van der Waals surface area contributed by atoms with Gasteiger partial charge in [-0.05, 0) is 52.4 Å². The summed E-state index contributed by atoms with van der Waals surface area (Å²) in [6.07, 6.45) is -3.50. The van der Waals surface area contributed by atoms with E-state index in [1.807, 2.05) is 36.4 Å². The van der Waals surface area contributed by atoms with Crippen molar-refractivity contribution in [2.24, 2.45) is 0 Å². The van der Waals surface area contributed by atoms with E-state index in [-0.39, 0.29) is 12.1 Å². The summed E-state index contributed by atoms with van der Waals surface area (Å²) in [5, 5.41) is 13.5. The van der Waals surface area contributed by atoms with Crippen LogP contribution >= 0.6 is 0 Å². The molecular weight excluding hydrogens is 501 g/mol. The molecule has 0 saturated heterocycles. The zero-order chi connectivity index (χ0) is 27.4. The van der Waals surface area contributed by atoms with E-state index in [0.29, 0.717) is 34.1 Å². The molecule has 39 heavy (non-hydrogen) atoms. The molecule has 0 fully saturated rings. The number of benzene rings is 4. The SMILES string of the molecule is O=C(NCC(O)c1ccccc1)c1cccc(-c2c(Cc3ccccc3)cnc3c(C(F)(F)F)cccc23)c1. The lowest BCUT2D eigenvalue weighted by Crippen LogP contribution is -2.28. The molecule has 7 heteroatoms. The van der Waals surface area contributed by atoms with Gasteiger partial charge in [0.1, 0.15) is 0 Å². The first-order valence-electron chi connectivity index (χ1n) is 12.4. The van der Waals surface area contributed by atoms with Crippen LogP contribution in [0.5, 0.6) is 0 Å². The van der Waals surface area contributed by atoms with Gasteiger partial charge in [0, 0.05) is 23.7 Å². The predicted molar refractivity (Wildman–Crippen MR) is 145 cm³/mol. The van der Waals surface area contributed by atoms with Crippen molar-refractivity contribution in [2.75, 3.05) is 6.54 Å². The fourth-order valence-electron chi connectivity index (χ4n) is 4.68. The highest BCUT2D eigenvalue weighted by Gasteiger charge is 2.33. The van der Waals surface area contributed by atoms with Crippen molar-refractivity contribution < 1.29 is 23.1 Å². The van der Waals surface area contributed by atoms with Crippen molar-refractivity contribution >= 4 is 16.8 Å². The van der Waals surface area contributed by atoms with E-state index in [4.69, 9.17) is 0 Å². The highest BCUT2D eigenvalue weighted by Crippen LogP contribution is 2.39. The van der Waals surface area contributed by atoms with Gasteiger partial charge in [-0.25, -0.2) is 0 Å². The number of nitrogens with zero attached hydrogens (tertiary/aromatic N) is 1. The van der Waals surface area contributed by atoms with Crippen LogP contribution in [0, 0.1) is 0 Å². The van der Waals surface area contributed by atoms with Gasteiger partial charge in [-0.2, -0.15) is 13.2 Å². The van der Waals surface area contributed by atoms with Crippen molar-refractivity contribution in [1.82, 2.24) is 10.3 Å². The van der Waals surface area contributed by atoms with Gasteiger partial charge < -0.3 is 10.4 Å². The summed E-state index contributed by atoms with van der Waals surface area (Å²) in [6, 6.07) is 29.4. The Morgan fingerprint density at radius 2 is 1.56 bits per heavy atom. The molecule has 196 valence electrons. The van der Waals surface area contributed by atoms with Crippen molar-refractivity contribution in [3.05, 3.63) is 137 Å². The first kappa shape index (κ1) is 26.1. The maximum absolute atomic E-state index is 13.8. The fourth-order valence-corrected chi connectivity index (χ4v) is 4.68. The molecule has 1 atom stereocenters. The van der Waals surface area contributed by atoms with Crippen molar-refractivity contribution in [3.8, 4) is 11.1 Å². The molecule has 1 aromatic heterocycles. The Hall–Kier alpha value is -4.49. The number of aliphatic hydroxyl groups is 1. The number of hydrogen-bond donors (Lipinski definition) is 2. The molecule has 2 N–H and O–H groups in total. The molecule has 1 amide bonds. The Balaban J connectivity index is 1.54. The van der Waals surface area contributed by atoms with Gasteiger partial charge in [-0.1, -0.05) is 84.9 Å². The number of rotatable bonds is 7. The number of hydrogen-bond acceptors (Lipinski definition) is 3. The van der Waals surface area contributed by atoms with E-state index >= 15 is 0 Å². The van der Waals surface area contributed by atoms with Gasteiger partial charge in [0.05, 0.1) is 17.2 Å². The number of para-hydroxylation sites is 1. The average Bonchev–Trinajstić information content (AvgIpc) is 2.95. The van der Waals surface area contributed by atoms with Crippen molar-refractivity contribution in [1.29, 1.82) is 0 Å².